The van der Waals surface area contributed by atoms with E-state index in [2.05, 4.69) is 36.4 Å². The van der Waals surface area contributed by atoms with Gasteiger partial charge in [0.15, 0.2) is 0 Å². The number of aliphatic hydroxyl groups is 1. The molecule has 0 aliphatic rings. The highest BCUT2D eigenvalue weighted by Gasteiger charge is 2.19. The lowest BCUT2D eigenvalue weighted by Gasteiger charge is -2.22. The summed E-state index contributed by atoms with van der Waals surface area (Å²) in [5.74, 6) is 3.23. The third-order valence-corrected chi connectivity index (χ3v) is 3.81. The van der Waals surface area contributed by atoms with Crippen LogP contribution in [0.4, 0.5) is 4.79 Å². The molecule has 1 rings (SSSR count). The van der Waals surface area contributed by atoms with Crippen LogP contribution < -0.4 is 5.32 Å². The van der Waals surface area contributed by atoms with Crippen molar-refractivity contribution in [3.8, 4) is 11.5 Å². The molecule has 0 spiro atoms. The Hall–Kier alpha value is -1.77. The molecule has 0 heterocycles. The minimum Gasteiger partial charge on any atom is -0.444 e. The van der Waals surface area contributed by atoms with E-state index in [9.17, 15) is 9.90 Å². The number of ether oxygens (including phenoxy) is 1. The van der Waals surface area contributed by atoms with Crippen LogP contribution in [0, 0.1) is 11.5 Å². The second-order valence-corrected chi connectivity index (χ2v) is 12.7. The van der Waals surface area contributed by atoms with Crippen molar-refractivity contribution in [3.63, 3.8) is 0 Å². The highest BCUT2D eigenvalue weighted by atomic mass is 28.3. The Labute approximate surface area is 146 Å². The summed E-state index contributed by atoms with van der Waals surface area (Å²) < 4.78 is 5.23. The monoisotopic (exact) mass is 347 g/mol. The van der Waals surface area contributed by atoms with Gasteiger partial charge >= 0.3 is 6.09 Å². The summed E-state index contributed by atoms with van der Waals surface area (Å²) in [6.07, 6.45) is 0.00862. The molecule has 0 unspecified atom stereocenters. The zero-order chi connectivity index (χ0) is 18.4. The van der Waals surface area contributed by atoms with Crippen LogP contribution in [0.25, 0.3) is 0 Å². The van der Waals surface area contributed by atoms with E-state index in [1.165, 1.54) is 0 Å². The van der Waals surface area contributed by atoms with Gasteiger partial charge < -0.3 is 15.2 Å². The number of alkyl carbamates (subject to hydrolysis) is 1. The van der Waals surface area contributed by atoms with Crippen LogP contribution in [0.2, 0.25) is 19.6 Å². The first-order valence-electron chi connectivity index (χ1n) is 8.21. The first-order chi connectivity index (χ1) is 11.0. The molecule has 0 saturated heterocycles. The molecule has 132 valence electrons. The number of hydrogen-bond acceptors (Lipinski definition) is 3. The Morgan fingerprint density at radius 2 is 2.00 bits per heavy atom. The lowest BCUT2D eigenvalue weighted by Crippen LogP contribution is -2.42. The Bertz CT molecular complexity index is 618. The maximum atomic E-state index is 11.8. The zero-order valence-electron chi connectivity index (χ0n) is 15.6. The van der Waals surface area contributed by atoms with Gasteiger partial charge in [0.1, 0.15) is 13.7 Å². The van der Waals surface area contributed by atoms with Crippen LogP contribution in [0.15, 0.2) is 24.3 Å². The van der Waals surface area contributed by atoms with Crippen molar-refractivity contribution in [1.29, 1.82) is 0 Å². The van der Waals surface area contributed by atoms with E-state index in [-0.39, 0.29) is 12.6 Å². The molecule has 1 aromatic rings. The number of amides is 1. The summed E-state index contributed by atoms with van der Waals surface area (Å²) in [4.78, 5) is 11.8. The van der Waals surface area contributed by atoms with Crippen molar-refractivity contribution < 1.29 is 14.6 Å². The van der Waals surface area contributed by atoms with Gasteiger partial charge in [-0.15, -0.1) is 5.54 Å². The van der Waals surface area contributed by atoms with Crippen LogP contribution >= 0.6 is 0 Å². The lowest BCUT2D eigenvalue weighted by molar-refractivity contribution is 0.0483. The van der Waals surface area contributed by atoms with Gasteiger partial charge in [-0.1, -0.05) is 37.7 Å². The van der Waals surface area contributed by atoms with E-state index < -0.39 is 19.8 Å². The van der Waals surface area contributed by atoms with E-state index in [1.54, 1.807) is 20.8 Å². The molecule has 5 heteroatoms. The first-order valence-corrected chi connectivity index (χ1v) is 11.7. The van der Waals surface area contributed by atoms with Crippen LogP contribution in [0.3, 0.4) is 0 Å². The molecule has 0 bridgehead atoms. The van der Waals surface area contributed by atoms with Gasteiger partial charge in [-0.2, -0.15) is 0 Å². The topological polar surface area (TPSA) is 58.6 Å². The fourth-order valence-electron chi connectivity index (χ4n) is 1.96. The molecule has 0 aliphatic carbocycles. The van der Waals surface area contributed by atoms with E-state index in [0.29, 0.717) is 6.42 Å². The van der Waals surface area contributed by atoms with Gasteiger partial charge in [0.25, 0.3) is 0 Å². The van der Waals surface area contributed by atoms with Gasteiger partial charge in [-0.05, 0) is 44.9 Å². The minimum atomic E-state index is -1.42. The Morgan fingerprint density at radius 1 is 1.33 bits per heavy atom. The second-order valence-electron chi connectivity index (χ2n) is 7.93. The van der Waals surface area contributed by atoms with Gasteiger partial charge in [0, 0.05) is 5.56 Å². The number of hydrogen-bond donors (Lipinski definition) is 2. The maximum absolute atomic E-state index is 11.8. The molecule has 1 amide bonds. The van der Waals surface area contributed by atoms with E-state index in [1.807, 2.05) is 24.3 Å². The van der Waals surface area contributed by atoms with Crippen LogP contribution in [-0.2, 0) is 11.2 Å². The quantitative estimate of drug-likeness (QED) is 0.649. The fraction of sp³-hybridized carbons (Fsp3) is 0.526. The maximum Gasteiger partial charge on any atom is 0.407 e. The van der Waals surface area contributed by atoms with Crippen molar-refractivity contribution in [2.45, 2.75) is 58.5 Å². The van der Waals surface area contributed by atoms with Crippen LogP contribution in [0.5, 0.6) is 0 Å². The smallest absolute Gasteiger partial charge is 0.407 e. The zero-order valence-corrected chi connectivity index (χ0v) is 16.6. The molecule has 0 radical (unpaired) electrons. The van der Waals surface area contributed by atoms with E-state index >= 15 is 0 Å². The van der Waals surface area contributed by atoms with Crippen LogP contribution in [0.1, 0.15) is 31.9 Å². The van der Waals surface area contributed by atoms with Gasteiger partial charge in [0.05, 0.1) is 12.6 Å². The number of carbonyl (C=O) groups excluding carboxylic acids is 1. The summed E-state index contributed by atoms with van der Waals surface area (Å²) in [6, 6.07) is 7.52. The molecular weight excluding hydrogens is 318 g/mol. The average molecular weight is 348 g/mol. The van der Waals surface area contributed by atoms with Crippen molar-refractivity contribution in [1.82, 2.24) is 5.32 Å². The van der Waals surface area contributed by atoms with Crippen molar-refractivity contribution in [2.24, 2.45) is 0 Å². The summed E-state index contributed by atoms with van der Waals surface area (Å²) >= 11 is 0. The van der Waals surface area contributed by atoms with Crippen molar-refractivity contribution in [3.05, 3.63) is 35.4 Å². The van der Waals surface area contributed by atoms with Gasteiger partial charge in [-0.3, -0.25) is 0 Å². The van der Waals surface area contributed by atoms with Crippen LogP contribution in [-0.4, -0.2) is 37.5 Å². The van der Waals surface area contributed by atoms with Crippen molar-refractivity contribution in [2.75, 3.05) is 6.61 Å². The SMILES string of the molecule is CC(C)(C)OC(=O)N[C@H](CO)Cc1cccc(C#C[Si](C)(C)C)c1. The van der Waals surface area contributed by atoms with Gasteiger partial charge in [0.2, 0.25) is 0 Å². The normalized spacial score (nSPS) is 12.8. The predicted molar refractivity (Wildman–Crippen MR) is 101 cm³/mol. The van der Waals surface area contributed by atoms with Crippen molar-refractivity contribution >= 4 is 14.2 Å². The molecule has 0 aromatic heterocycles. The third kappa shape index (κ3) is 8.75. The summed E-state index contributed by atoms with van der Waals surface area (Å²) in [7, 11) is -1.42. The summed E-state index contributed by atoms with van der Waals surface area (Å²) in [6.45, 7) is 11.9. The van der Waals surface area contributed by atoms with E-state index in [4.69, 9.17) is 4.74 Å². The molecule has 2 N–H and O–H groups in total. The highest BCUT2D eigenvalue weighted by Crippen LogP contribution is 2.10. The average Bonchev–Trinajstić information content (AvgIpc) is 2.42. The summed E-state index contributed by atoms with van der Waals surface area (Å²) in [5.41, 5.74) is 4.76. The molecule has 1 atom stereocenters. The number of aliphatic hydroxyl groups excluding tert-OH is 1. The largest absolute Gasteiger partial charge is 0.444 e. The molecule has 0 saturated carbocycles. The molecule has 0 aliphatic heterocycles. The lowest BCUT2D eigenvalue weighted by atomic mass is 10.0. The molecule has 1 aromatic carbocycles. The number of benzene rings is 1. The third-order valence-electron chi connectivity index (χ3n) is 2.93. The highest BCUT2D eigenvalue weighted by molar-refractivity contribution is 6.83. The number of nitrogens with one attached hydrogen (secondary N) is 1. The summed E-state index contributed by atoms with van der Waals surface area (Å²) in [5, 5.41) is 12.2. The number of rotatable bonds is 4. The first kappa shape index (κ1) is 20.3. The Morgan fingerprint density at radius 3 is 2.54 bits per heavy atom. The second kappa shape index (κ2) is 8.36. The minimum absolute atomic E-state index is 0.149. The Balaban J connectivity index is 2.75. The molecule has 24 heavy (non-hydrogen) atoms. The number of carbonyl (C=O) groups is 1. The standard InChI is InChI=1S/C19H29NO3Si/c1-19(2,3)23-18(22)20-17(14-21)13-16-9-7-8-15(12-16)10-11-24(4,5)6/h7-9,12,17,21H,13-14H2,1-6H3,(H,20,22)/t17-/m0/s1. The molecule has 0 fully saturated rings. The van der Waals surface area contributed by atoms with E-state index in [0.717, 1.165) is 11.1 Å². The fourth-order valence-corrected chi connectivity index (χ4v) is 2.48. The molecular formula is C19H29NO3Si. The molecule has 4 nitrogen and oxygen atoms in total. The Kier molecular flexibility index (Phi) is 7.06. The predicted octanol–water partition coefficient (Wildman–Crippen LogP) is 3.34. The van der Waals surface area contributed by atoms with Gasteiger partial charge in [-0.25, -0.2) is 4.79 Å².